The van der Waals surface area contributed by atoms with Crippen molar-refractivity contribution >= 4 is 30.3 Å². The van der Waals surface area contributed by atoms with Crippen LogP contribution in [0.1, 0.15) is 32.6 Å². The number of carbonyl (C=O) groups is 3. The number of ketones is 1. The molecule has 0 aliphatic carbocycles. The first-order valence-corrected chi connectivity index (χ1v) is 6.40. The fourth-order valence-electron chi connectivity index (χ4n) is 1.26. The van der Waals surface area contributed by atoms with E-state index in [1.54, 1.807) is 6.92 Å². The number of nitrogens with two attached hydrogens (primary N) is 1. The van der Waals surface area contributed by atoms with Crippen molar-refractivity contribution in [2.75, 3.05) is 5.75 Å². The third-order valence-electron chi connectivity index (χ3n) is 2.32. The van der Waals surface area contributed by atoms with Crippen molar-refractivity contribution in [2.45, 2.75) is 44.7 Å². The normalized spacial score (nSPS) is 13.7. The summed E-state index contributed by atoms with van der Waals surface area (Å²) in [6.45, 7) is 1.79. The molecule has 0 heterocycles. The smallest absolute Gasteiger partial charge is 0.303 e. The van der Waals surface area contributed by atoms with E-state index in [1.165, 1.54) is 0 Å². The van der Waals surface area contributed by atoms with Crippen molar-refractivity contribution in [3.8, 4) is 0 Å². The number of hydrogen-bond acceptors (Lipinski definition) is 5. The Morgan fingerprint density at radius 3 is 2.33 bits per heavy atom. The Kier molecular flexibility index (Phi) is 8.40. The molecular formula is C11H20N2O4S. The molecule has 7 heteroatoms. The molecule has 0 rings (SSSR count). The van der Waals surface area contributed by atoms with Crippen molar-refractivity contribution in [1.29, 1.82) is 0 Å². The van der Waals surface area contributed by atoms with Crippen molar-refractivity contribution in [3.63, 3.8) is 0 Å². The van der Waals surface area contributed by atoms with Gasteiger partial charge in [0.15, 0.2) is 5.78 Å². The van der Waals surface area contributed by atoms with Gasteiger partial charge in [0.1, 0.15) is 0 Å². The van der Waals surface area contributed by atoms with Gasteiger partial charge in [-0.15, -0.1) is 0 Å². The maximum Gasteiger partial charge on any atom is 0.303 e. The summed E-state index contributed by atoms with van der Waals surface area (Å²) in [6.07, 6.45) is 0.440. The van der Waals surface area contributed by atoms with Crippen LogP contribution in [0.25, 0.3) is 0 Å². The topological polar surface area (TPSA) is 109 Å². The summed E-state index contributed by atoms with van der Waals surface area (Å²) >= 11 is 3.98. The Morgan fingerprint density at radius 2 is 1.89 bits per heavy atom. The van der Waals surface area contributed by atoms with Gasteiger partial charge in [0.05, 0.1) is 12.5 Å². The molecule has 2 unspecified atom stereocenters. The molecule has 0 aromatic heterocycles. The maximum absolute atomic E-state index is 11.6. The lowest BCUT2D eigenvalue weighted by atomic mass is 10.1. The second kappa shape index (κ2) is 8.93. The second-order valence-electron chi connectivity index (χ2n) is 4.18. The van der Waals surface area contributed by atoms with Crippen molar-refractivity contribution in [3.05, 3.63) is 0 Å². The molecule has 0 aliphatic heterocycles. The first-order chi connectivity index (χ1) is 8.36. The highest BCUT2D eigenvalue weighted by molar-refractivity contribution is 7.80. The molecule has 18 heavy (non-hydrogen) atoms. The van der Waals surface area contributed by atoms with Crippen LogP contribution in [0, 0.1) is 0 Å². The van der Waals surface area contributed by atoms with Gasteiger partial charge in [-0.05, 0) is 13.3 Å². The monoisotopic (exact) mass is 276 g/mol. The van der Waals surface area contributed by atoms with Gasteiger partial charge in [-0.1, -0.05) is 0 Å². The Hall–Kier alpha value is -1.08. The lowest BCUT2D eigenvalue weighted by Gasteiger charge is -2.15. The summed E-state index contributed by atoms with van der Waals surface area (Å²) < 4.78 is 0. The average molecular weight is 276 g/mol. The minimum atomic E-state index is -1.04. The van der Waals surface area contributed by atoms with Crippen LogP contribution >= 0.6 is 12.6 Å². The molecule has 104 valence electrons. The molecule has 6 nitrogen and oxygen atoms in total. The first kappa shape index (κ1) is 16.9. The lowest BCUT2D eigenvalue weighted by Crippen LogP contribution is -2.42. The number of amides is 1. The van der Waals surface area contributed by atoms with Gasteiger partial charge >= 0.3 is 5.97 Å². The van der Waals surface area contributed by atoms with Crippen LogP contribution in [0.2, 0.25) is 0 Å². The quantitative estimate of drug-likeness (QED) is 0.442. The molecule has 0 aromatic carbocycles. The second-order valence-corrected chi connectivity index (χ2v) is 4.54. The summed E-state index contributed by atoms with van der Waals surface area (Å²) in [7, 11) is 0. The average Bonchev–Trinajstić information content (AvgIpc) is 2.30. The standard InChI is InChI=1S/C11H20N2O4S/c1-7(12)2-4-10(15)13-8(6-18)9(14)3-5-11(16)17/h7-8,18H,2-6,12H2,1H3,(H,13,15)(H,16,17). The highest BCUT2D eigenvalue weighted by Gasteiger charge is 2.19. The predicted octanol–water partition coefficient (Wildman–Crippen LogP) is -0.0377. The SMILES string of the molecule is CC(N)CCC(=O)NC(CS)C(=O)CCC(=O)O. The number of Topliss-reactive ketones (excluding diaryl/α,β-unsaturated/α-hetero) is 1. The number of carboxylic acid groups (broad SMARTS) is 1. The summed E-state index contributed by atoms with van der Waals surface area (Å²) in [5.41, 5.74) is 5.52. The summed E-state index contributed by atoms with van der Waals surface area (Å²) in [6, 6.07) is -0.804. The van der Waals surface area contributed by atoms with Gasteiger partial charge in [0.25, 0.3) is 0 Å². The first-order valence-electron chi connectivity index (χ1n) is 5.77. The van der Waals surface area contributed by atoms with E-state index in [-0.39, 0.29) is 42.7 Å². The van der Waals surface area contributed by atoms with E-state index in [1.807, 2.05) is 0 Å². The van der Waals surface area contributed by atoms with Crippen LogP contribution in [-0.2, 0) is 14.4 Å². The fourth-order valence-corrected chi connectivity index (χ4v) is 1.55. The fraction of sp³-hybridized carbons (Fsp3) is 0.727. The minimum absolute atomic E-state index is 0.0760. The summed E-state index contributed by atoms with van der Waals surface area (Å²) in [4.78, 5) is 33.4. The van der Waals surface area contributed by atoms with Gasteiger partial charge < -0.3 is 16.2 Å². The molecule has 0 fully saturated rings. The van der Waals surface area contributed by atoms with Crippen LogP contribution in [0.4, 0.5) is 0 Å². The molecule has 0 spiro atoms. The van der Waals surface area contributed by atoms with Gasteiger partial charge in [-0.3, -0.25) is 14.4 Å². The van der Waals surface area contributed by atoms with Gasteiger partial charge in [-0.25, -0.2) is 0 Å². The van der Waals surface area contributed by atoms with E-state index in [0.717, 1.165) is 0 Å². The number of hydrogen-bond donors (Lipinski definition) is 4. The zero-order chi connectivity index (χ0) is 14.1. The molecule has 0 saturated heterocycles. The predicted molar refractivity (Wildman–Crippen MR) is 70.5 cm³/mol. The third-order valence-corrected chi connectivity index (χ3v) is 2.68. The molecule has 2 atom stereocenters. The molecule has 0 saturated carbocycles. The van der Waals surface area contributed by atoms with Crippen LogP contribution in [0.15, 0.2) is 0 Å². The van der Waals surface area contributed by atoms with E-state index in [4.69, 9.17) is 10.8 Å². The number of aliphatic carboxylic acids is 1. The lowest BCUT2D eigenvalue weighted by molar-refractivity contribution is -0.138. The zero-order valence-electron chi connectivity index (χ0n) is 10.4. The Balaban J connectivity index is 4.12. The maximum atomic E-state index is 11.6. The van der Waals surface area contributed by atoms with E-state index in [0.29, 0.717) is 6.42 Å². The molecule has 0 radical (unpaired) electrons. The molecule has 0 aromatic rings. The summed E-state index contributed by atoms with van der Waals surface area (Å²) in [5, 5.41) is 11.0. The van der Waals surface area contributed by atoms with Gasteiger partial charge in [0.2, 0.25) is 5.91 Å². The van der Waals surface area contributed by atoms with Crippen molar-refractivity contribution in [1.82, 2.24) is 5.32 Å². The van der Waals surface area contributed by atoms with Crippen molar-refractivity contribution in [2.24, 2.45) is 5.73 Å². The third kappa shape index (κ3) is 8.08. The Labute approximate surface area is 112 Å². The number of carbonyl (C=O) groups excluding carboxylic acids is 2. The highest BCUT2D eigenvalue weighted by atomic mass is 32.1. The van der Waals surface area contributed by atoms with E-state index >= 15 is 0 Å². The minimum Gasteiger partial charge on any atom is -0.481 e. The molecule has 0 aliphatic rings. The number of carboxylic acids is 1. The number of nitrogens with one attached hydrogen (secondary N) is 1. The van der Waals surface area contributed by atoms with Crippen LogP contribution in [0.5, 0.6) is 0 Å². The Morgan fingerprint density at radius 1 is 1.28 bits per heavy atom. The van der Waals surface area contributed by atoms with Crippen LogP contribution < -0.4 is 11.1 Å². The number of rotatable bonds is 9. The van der Waals surface area contributed by atoms with Gasteiger partial charge in [0, 0.05) is 24.6 Å². The molecule has 0 bridgehead atoms. The molecule has 4 N–H and O–H groups in total. The van der Waals surface area contributed by atoms with Crippen LogP contribution in [0.3, 0.4) is 0 Å². The van der Waals surface area contributed by atoms with Crippen LogP contribution in [-0.4, -0.2) is 40.6 Å². The molecule has 1 amide bonds. The zero-order valence-corrected chi connectivity index (χ0v) is 11.3. The number of thiol groups is 1. The molecular weight excluding hydrogens is 256 g/mol. The van der Waals surface area contributed by atoms with Crippen molar-refractivity contribution < 1.29 is 19.5 Å². The largest absolute Gasteiger partial charge is 0.481 e. The van der Waals surface area contributed by atoms with E-state index in [9.17, 15) is 14.4 Å². The Bertz CT molecular complexity index is 307. The van der Waals surface area contributed by atoms with E-state index < -0.39 is 12.0 Å². The van der Waals surface area contributed by atoms with E-state index in [2.05, 4.69) is 17.9 Å². The summed E-state index contributed by atoms with van der Waals surface area (Å²) in [5.74, 6) is -1.47. The van der Waals surface area contributed by atoms with Gasteiger partial charge in [-0.2, -0.15) is 12.6 Å². The highest BCUT2D eigenvalue weighted by Crippen LogP contribution is 2.01.